The largest absolute Gasteiger partial charge is 0.308 e. The highest BCUT2D eigenvalue weighted by Gasteiger charge is 2.11. The first-order chi connectivity index (χ1) is 6.40. The molecule has 1 aromatic rings. The van der Waals surface area contributed by atoms with Gasteiger partial charge >= 0.3 is 0 Å². The third-order valence-electron chi connectivity index (χ3n) is 1.84. The van der Waals surface area contributed by atoms with Gasteiger partial charge in [-0.1, -0.05) is 12.1 Å². The quantitative estimate of drug-likeness (QED) is 0.858. The molecule has 14 heavy (non-hydrogen) atoms. The molecule has 0 aromatic heterocycles. The van der Waals surface area contributed by atoms with Gasteiger partial charge in [-0.3, -0.25) is 0 Å². The fraction of sp³-hybridized carbons (Fsp3) is 0.455. The summed E-state index contributed by atoms with van der Waals surface area (Å²) >= 11 is 3.16. The highest BCUT2D eigenvalue weighted by molar-refractivity contribution is 9.10. The van der Waals surface area contributed by atoms with E-state index in [-0.39, 0.29) is 11.4 Å². The summed E-state index contributed by atoms with van der Waals surface area (Å²) < 4.78 is 14.0. The van der Waals surface area contributed by atoms with E-state index >= 15 is 0 Å². The summed E-state index contributed by atoms with van der Waals surface area (Å²) in [6.45, 7) is 6.73. The molecule has 0 amide bonds. The SMILES string of the molecule is CC(C)(C)NCc1cccc(Br)c1F. The first-order valence-corrected chi connectivity index (χ1v) is 5.37. The molecular weight excluding hydrogens is 245 g/mol. The summed E-state index contributed by atoms with van der Waals surface area (Å²) in [6.07, 6.45) is 0. The second-order valence-electron chi connectivity index (χ2n) is 4.32. The Bertz CT molecular complexity index is 318. The van der Waals surface area contributed by atoms with E-state index in [1.807, 2.05) is 6.07 Å². The Hall–Kier alpha value is -0.410. The summed E-state index contributed by atoms with van der Waals surface area (Å²) in [5.41, 5.74) is 0.698. The van der Waals surface area contributed by atoms with Crippen LogP contribution in [0.25, 0.3) is 0 Å². The Morgan fingerprint density at radius 3 is 2.57 bits per heavy atom. The molecule has 0 aliphatic carbocycles. The van der Waals surface area contributed by atoms with Crippen molar-refractivity contribution in [1.29, 1.82) is 0 Å². The number of nitrogens with one attached hydrogen (secondary N) is 1. The van der Waals surface area contributed by atoms with Crippen molar-refractivity contribution in [1.82, 2.24) is 5.32 Å². The lowest BCUT2D eigenvalue weighted by Crippen LogP contribution is -2.35. The summed E-state index contributed by atoms with van der Waals surface area (Å²) in [5, 5.41) is 3.25. The number of rotatable bonds is 2. The molecule has 0 aliphatic heterocycles. The number of hydrogen-bond donors (Lipinski definition) is 1. The Morgan fingerprint density at radius 1 is 1.36 bits per heavy atom. The van der Waals surface area contributed by atoms with E-state index in [2.05, 4.69) is 42.0 Å². The van der Waals surface area contributed by atoms with Crippen LogP contribution in [-0.2, 0) is 6.54 Å². The molecule has 0 aliphatic rings. The smallest absolute Gasteiger partial charge is 0.141 e. The van der Waals surface area contributed by atoms with Crippen LogP contribution in [0, 0.1) is 5.82 Å². The van der Waals surface area contributed by atoms with Gasteiger partial charge in [-0.05, 0) is 42.8 Å². The minimum atomic E-state index is -0.177. The molecule has 0 atom stereocenters. The third kappa shape index (κ3) is 3.39. The zero-order valence-electron chi connectivity index (χ0n) is 8.70. The molecule has 1 N–H and O–H groups in total. The summed E-state index contributed by atoms with van der Waals surface area (Å²) in [4.78, 5) is 0. The Kier molecular flexibility index (Phi) is 3.67. The van der Waals surface area contributed by atoms with E-state index in [0.717, 1.165) is 0 Å². The van der Waals surface area contributed by atoms with Crippen molar-refractivity contribution in [3.63, 3.8) is 0 Å². The Labute approximate surface area is 92.8 Å². The van der Waals surface area contributed by atoms with E-state index in [0.29, 0.717) is 16.6 Å². The number of halogens is 2. The van der Waals surface area contributed by atoms with E-state index in [9.17, 15) is 4.39 Å². The molecule has 0 spiro atoms. The highest BCUT2D eigenvalue weighted by atomic mass is 79.9. The van der Waals surface area contributed by atoms with Gasteiger partial charge < -0.3 is 5.32 Å². The van der Waals surface area contributed by atoms with Gasteiger partial charge in [0.15, 0.2) is 0 Å². The zero-order chi connectivity index (χ0) is 10.8. The van der Waals surface area contributed by atoms with Crippen LogP contribution in [0.4, 0.5) is 4.39 Å². The molecule has 0 saturated carbocycles. The molecule has 0 saturated heterocycles. The fourth-order valence-electron chi connectivity index (χ4n) is 1.05. The van der Waals surface area contributed by atoms with Crippen LogP contribution in [0.2, 0.25) is 0 Å². The van der Waals surface area contributed by atoms with Crippen LogP contribution in [0.3, 0.4) is 0 Å². The first-order valence-electron chi connectivity index (χ1n) is 4.58. The first kappa shape index (κ1) is 11.7. The third-order valence-corrected chi connectivity index (χ3v) is 2.45. The van der Waals surface area contributed by atoms with Crippen molar-refractivity contribution >= 4 is 15.9 Å². The van der Waals surface area contributed by atoms with Gasteiger partial charge in [0.1, 0.15) is 5.82 Å². The normalized spacial score (nSPS) is 11.8. The molecule has 0 heterocycles. The van der Waals surface area contributed by atoms with Crippen LogP contribution in [-0.4, -0.2) is 5.54 Å². The average Bonchev–Trinajstić information content (AvgIpc) is 2.06. The van der Waals surface area contributed by atoms with Crippen molar-refractivity contribution in [2.45, 2.75) is 32.9 Å². The van der Waals surface area contributed by atoms with Crippen molar-refractivity contribution in [3.8, 4) is 0 Å². The van der Waals surface area contributed by atoms with Gasteiger partial charge in [-0.2, -0.15) is 0 Å². The van der Waals surface area contributed by atoms with Crippen molar-refractivity contribution in [2.75, 3.05) is 0 Å². The standard InChI is InChI=1S/C11H15BrFN/c1-11(2,3)14-7-8-5-4-6-9(12)10(8)13/h4-6,14H,7H2,1-3H3. The van der Waals surface area contributed by atoms with E-state index < -0.39 is 0 Å². The molecule has 78 valence electrons. The maximum absolute atomic E-state index is 13.5. The van der Waals surface area contributed by atoms with Crippen molar-refractivity contribution < 1.29 is 4.39 Å². The fourth-order valence-corrected chi connectivity index (χ4v) is 1.45. The number of benzene rings is 1. The van der Waals surface area contributed by atoms with E-state index in [4.69, 9.17) is 0 Å². The molecule has 0 bridgehead atoms. The summed E-state index contributed by atoms with van der Waals surface area (Å²) in [5.74, 6) is -0.177. The predicted octanol–water partition coefficient (Wildman–Crippen LogP) is 3.48. The van der Waals surface area contributed by atoms with Crippen LogP contribution < -0.4 is 5.32 Å². The highest BCUT2D eigenvalue weighted by Crippen LogP contribution is 2.18. The number of hydrogen-bond acceptors (Lipinski definition) is 1. The van der Waals surface area contributed by atoms with E-state index in [1.54, 1.807) is 12.1 Å². The lowest BCUT2D eigenvalue weighted by molar-refractivity contribution is 0.418. The van der Waals surface area contributed by atoms with E-state index in [1.165, 1.54) is 0 Å². The predicted molar refractivity (Wildman–Crippen MR) is 60.7 cm³/mol. The summed E-state index contributed by atoms with van der Waals surface area (Å²) in [7, 11) is 0. The average molecular weight is 260 g/mol. The van der Waals surface area contributed by atoms with Crippen LogP contribution in [0.1, 0.15) is 26.3 Å². The van der Waals surface area contributed by atoms with Crippen molar-refractivity contribution in [2.24, 2.45) is 0 Å². The molecular formula is C11H15BrFN. The second-order valence-corrected chi connectivity index (χ2v) is 5.17. The molecule has 1 rings (SSSR count). The zero-order valence-corrected chi connectivity index (χ0v) is 10.3. The van der Waals surface area contributed by atoms with Crippen LogP contribution in [0.5, 0.6) is 0 Å². The Balaban J connectivity index is 2.73. The minimum absolute atomic E-state index is 0.00869. The lowest BCUT2D eigenvalue weighted by Gasteiger charge is -2.20. The van der Waals surface area contributed by atoms with Crippen LogP contribution >= 0.6 is 15.9 Å². The lowest BCUT2D eigenvalue weighted by atomic mass is 10.1. The molecule has 3 heteroatoms. The molecule has 0 unspecified atom stereocenters. The van der Waals surface area contributed by atoms with Gasteiger partial charge in [0.25, 0.3) is 0 Å². The van der Waals surface area contributed by atoms with Crippen molar-refractivity contribution in [3.05, 3.63) is 34.1 Å². The topological polar surface area (TPSA) is 12.0 Å². The Morgan fingerprint density at radius 2 is 2.00 bits per heavy atom. The molecule has 1 nitrogen and oxygen atoms in total. The van der Waals surface area contributed by atoms with Gasteiger partial charge in [-0.15, -0.1) is 0 Å². The van der Waals surface area contributed by atoms with Gasteiger partial charge in [0.2, 0.25) is 0 Å². The minimum Gasteiger partial charge on any atom is -0.308 e. The van der Waals surface area contributed by atoms with Gasteiger partial charge in [-0.25, -0.2) is 4.39 Å². The second kappa shape index (κ2) is 4.41. The molecule has 1 aromatic carbocycles. The maximum atomic E-state index is 13.5. The molecule has 0 radical (unpaired) electrons. The monoisotopic (exact) mass is 259 g/mol. The maximum Gasteiger partial charge on any atom is 0.141 e. The summed E-state index contributed by atoms with van der Waals surface area (Å²) in [6, 6.07) is 5.33. The van der Waals surface area contributed by atoms with Gasteiger partial charge in [0.05, 0.1) is 4.47 Å². The van der Waals surface area contributed by atoms with Crippen LogP contribution in [0.15, 0.2) is 22.7 Å². The van der Waals surface area contributed by atoms with Gasteiger partial charge in [0, 0.05) is 17.6 Å². The molecule has 0 fully saturated rings.